The molecule has 0 saturated heterocycles. The number of hydrogen-bond acceptors (Lipinski definition) is 3. The van der Waals surface area contributed by atoms with Gasteiger partial charge in [0.2, 0.25) is 0 Å². The molecular weight excluding hydrogens is 1100 g/mol. The molecule has 0 unspecified atom stereocenters. The van der Waals surface area contributed by atoms with Crippen molar-refractivity contribution in [3.63, 3.8) is 0 Å². The van der Waals surface area contributed by atoms with Crippen molar-refractivity contribution < 1.29 is 0 Å². The van der Waals surface area contributed by atoms with Gasteiger partial charge in [-0.3, -0.25) is 0 Å². The maximum Gasteiger partial charge on any atom is 0.104 e. The van der Waals surface area contributed by atoms with Crippen molar-refractivity contribution in [2.45, 2.75) is 0 Å². The minimum Gasteiger partial charge on any atom is -0.306 e. The van der Waals surface area contributed by atoms with Crippen molar-refractivity contribution in [1.29, 1.82) is 10.5 Å². The molecule has 0 aliphatic heterocycles. The summed E-state index contributed by atoms with van der Waals surface area (Å²) in [6.07, 6.45) is 0. The highest BCUT2D eigenvalue weighted by Gasteiger charge is 2.36. The summed E-state index contributed by atoms with van der Waals surface area (Å²) in [7, 11) is 0. The minimum absolute atomic E-state index is 0.358. The minimum atomic E-state index is 0.358. The third kappa shape index (κ3) is 6.77. The lowest BCUT2D eigenvalue weighted by atomic mass is 9.90. The average Bonchev–Trinajstić information content (AvgIpc) is 1.72. The van der Waals surface area contributed by atoms with E-state index in [4.69, 9.17) is 0 Å². The number of benzene rings is 14. The standard InChI is InChI=1S/C82H46N6S/c83-47-66-77(85-68-36-12-5-27-56(68)57-28-6-13-37-69(57)85)67(48-84)79(87-72-40-16-9-31-60(72)61-32-10-17-41-73(61)87)81(78(66)86-70-38-14-7-29-58(70)59-30-8-15-39-71(59)86)88-74-46-51(54-34-19-23-49-21-1-3-25-52(49)54)45-65(55-35-20-24-50-22-2-4-26-53(50)55)76(74)64-44-43-63-62-33-11-18-42-75(62)89-82(63)80(64)88/h1-46H. The Kier molecular flexibility index (Phi) is 10.4. The lowest BCUT2D eigenvalue weighted by molar-refractivity contribution is 1.02. The van der Waals surface area contributed by atoms with E-state index in [2.05, 4.69) is 309 Å². The molecule has 7 heteroatoms. The first-order valence-corrected chi connectivity index (χ1v) is 30.9. The Bertz CT molecular complexity index is 6080. The van der Waals surface area contributed by atoms with Gasteiger partial charge < -0.3 is 18.3 Å². The third-order valence-electron chi connectivity index (χ3n) is 18.8. The third-order valence-corrected chi connectivity index (χ3v) is 20.0. The summed E-state index contributed by atoms with van der Waals surface area (Å²) >= 11 is 1.79. The van der Waals surface area contributed by atoms with Crippen LogP contribution in [0, 0.1) is 22.7 Å². The molecule has 5 heterocycles. The van der Waals surface area contributed by atoms with Gasteiger partial charge in [-0.05, 0) is 98.4 Å². The quantitative estimate of drug-likeness (QED) is 0.166. The Morgan fingerprint density at radius 2 is 0.652 bits per heavy atom. The summed E-state index contributed by atoms with van der Waals surface area (Å²) in [6.45, 7) is 0. The van der Waals surface area contributed by atoms with Gasteiger partial charge in [0.25, 0.3) is 0 Å². The van der Waals surface area contributed by atoms with Crippen LogP contribution in [0.25, 0.3) is 174 Å². The van der Waals surface area contributed by atoms with Gasteiger partial charge in [0.05, 0.1) is 71.6 Å². The summed E-state index contributed by atoms with van der Waals surface area (Å²) in [5.74, 6) is 0. The summed E-state index contributed by atoms with van der Waals surface area (Å²) in [4.78, 5) is 0. The van der Waals surface area contributed by atoms with Crippen LogP contribution in [0.5, 0.6) is 0 Å². The Morgan fingerprint density at radius 1 is 0.270 bits per heavy atom. The Hall–Kier alpha value is -12.0. The molecule has 6 nitrogen and oxygen atoms in total. The molecule has 0 spiro atoms. The number of fused-ring (bicyclic) bond motifs is 18. The van der Waals surface area contributed by atoms with Crippen molar-refractivity contribution in [2.24, 2.45) is 0 Å². The lowest BCUT2D eigenvalue weighted by Gasteiger charge is -2.27. The molecule has 0 N–H and O–H groups in total. The molecule has 5 aromatic heterocycles. The zero-order valence-electron chi connectivity index (χ0n) is 47.6. The van der Waals surface area contributed by atoms with Crippen LogP contribution in [0.1, 0.15) is 11.1 Å². The second kappa shape index (κ2) is 18.7. The van der Waals surface area contributed by atoms with Crippen molar-refractivity contribution in [2.75, 3.05) is 0 Å². The van der Waals surface area contributed by atoms with Crippen LogP contribution in [0.3, 0.4) is 0 Å². The van der Waals surface area contributed by atoms with Gasteiger partial charge in [-0.15, -0.1) is 11.3 Å². The number of para-hydroxylation sites is 6. The van der Waals surface area contributed by atoms with Crippen LogP contribution in [0.4, 0.5) is 0 Å². The molecule has 0 aliphatic rings. The summed E-state index contributed by atoms with van der Waals surface area (Å²) in [6, 6.07) is 106. The van der Waals surface area contributed by atoms with Gasteiger partial charge in [0, 0.05) is 58.6 Å². The monoisotopic (exact) mass is 1150 g/mol. The van der Waals surface area contributed by atoms with E-state index in [1.54, 1.807) is 11.3 Å². The highest BCUT2D eigenvalue weighted by molar-refractivity contribution is 7.26. The fraction of sp³-hybridized carbons (Fsp3) is 0. The zero-order chi connectivity index (χ0) is 58.6. The van der Waals surface area contributed by atoms with E-state index in [0.29, 0.717) is 33.9 Å². The van der Waals surface area contributed by atoms with Crippen molar-refractivity contribution in [3.8, 4) is 57.1 Å². The maximum absolute atomic E-state index is 13.0. The van der Waals surface area contributed by atoms with Gasteiger partial charge >= 0.3 is 0 Å². The highest BCUT2D eigenvalue weighted by atomic mass is 32.1. The van der Waals surface area contributed by atoms with Crippen LogP contribution in [-0.2, 0) is 0 Å². The molecule has 14 aromatic carbocycles. The molecule has 0 fully saturated rings. The van der Waals surface area contributed by atoms with E-state index in [1.165, 1.54) is 10.1 Å². The van der Waals surface area contributed by atoms with Crippen molar-refractivity contribution >= 4 is 140 Å². The van der Waals surface area contributed by atoms with Gasteiger partial charge in [0.15, 0.2) is 0 Å². The molecule has 0 aliphatic carbocycles. The second-order valence-electron chi connectivity index (χ2n) is 23.2. The van der Waals surface area contributed by atoms with Gasteiger partial charge in [0.1, 0.15) is 23.3 Å². The molecule has 19 rings (SSSR count). The molecule has 0 radical (unpaired) electrons. The zero-order valence-corrected chi connectivity index (χ0v) is 48.5. The first-order chi connectivity index (χ1) is 44.1. The number of aromatic nitrogens is 4. The van der Waals surface area contributed by atoms with E-state index in [9.17, 15) is 10.5 Å². The van der Waals surface area contributed by atoms with E-state index in [1.807, 2.05) is 0 Å². The van der Waals surface area contributed by atoms with Crippen molar-refractivity contribution in [1.82, 2.24) is 18.3 Å². The number of hydrogen-bond donors (Lipinski definition) is 0. The fourth-order valence-corrected chi connectivity index (χ4v) is 16.5. The van der Waals surface area contributed by atoms with Crippen molar-refractivity contribution in [3.05, 3.63) is 290 Å². The van der Waals surface area contributed by atoms with Gasteiger partial charge in [-0.25, -0.2) is 0 Å². The SMILES string of the molecule is N#Cc1c(-n2c3ccccc3c3ccccc32)c(C#N)c(-n2c3ccccc3c3ccccc32)c(-n2c3cc(-c4cccc5ccccc45)cc(-c4cccc5ccccc45)c3c3ccc4c5ccccc5sc4c32)c1-n1c2ccccc2c2ccccc21. The van der Waals surface area contributed by atoms with Gasteiger partial charge in [-0.2, -0.15) is 10.5 Å². The molecule has 0 amide bonds. The average molecular weight is 1150 g/mol. The van der Waals surface area contributed by atoms with Crippen LogP contribution in [0.15, 0.2) is 279 Å². The van der Waals surface area contributed by atoms with E-state index >= 15 is 0 Å². The predicted octanol–water partition coefficient (Wildman–Crippen LogP) is 21.8. The summed E-state index contributed by atoms with van der Waals surface area (Å²) < 4.78 is 11.7. The Morgan fingerprint density at radius 3 is 1.13 bits per heavy atom. The topological polar surface area (TPSA) is 67.3 Å². The number of thiophene rings is 1. The van der Waals surface area contributed by atoms with Crippen LogP contribution in [-0.4, -0.2) is 18.3 Å². The number of nitrogens with zero attached hydrogens (tertiary/aromatic N) is 6. The summed E-state index contributed by atoms with van der Waals surface area (Å²) in [5, 5.41) is 41.1. The summed E-state index contributed by atoms with van der Waals surface area (Å²) in [5.41, 5.74) is 14.9. The highest BCUT2D eigenvalue weighted by Crippen LogP contribution is 2.53. The fourth-order valence-electron chi connectivity index (χ4n) is 15.2. The number of rotatable bonds is 6. The molecule has 410 valence electrons. The number of nitriles is 2. The van der Waals surface area contributed by atoms with E-state index in [-0.39, 0.29) is 0 Å². The first kappa shape index (κ1) is 49.3. The molecule has 0 bridgehead atoms. The predicted molar refractivity (Wildman–Crippen MR) is 372 cm³/mol. The largest absolute Gasteiger partial charge is 0.306 e. The molecule has 0 atom stereocenters. The normalized spacial score (nSPS) is 12.0. The molecule has 0 saturated carbocycles. The van der Waals surface area contributed by atoms with E-state index < -0.39 is 0 Å². The molecule has 19 aromatic rings. The second-order valence-corrected chi connectivity index (χ2v) is 24.3. The van der Waals surface area contributed by atoms with Gasteiger partial charge in [-0.1, -0.05) is 224 Å². The maximum atomic E-state index is 13.0. The molecule has 89 heavy (non-hydrogen) atoms. The Balaban J connectivity index is 1.15. The molecular formula is C82H46N6S. The lowest BCUT2D eigenvalue weighted by Crippen LogP contribution is -2.17. The van der Waals surface area contributed by atoms with Crippen LogP contribution in [0.2, 0.25) is 0 Å². The van der Waals surface area contributed by atoms with Crippen LogP contribution < -0.4 is 0 Å². The van der Waals surface area contributed by atoms with E-state index in [0.717, 1.165) is 141 Å². The smallest absolute Gasteiger partial charge is 0.104 e. The Labute approximate surface area is 513 Å². The van der Waals surface area contributed by atoms with Crippen LogP contribution >= 0.6 is 11.3 Å². The first-order valence-electron chi connectivity index (χ1n) is 30.0.